The molecule has 0 saturated carbocycles. The maximum Gasteiger partial charge on any atom is 0.345 e. The number of hydrogen-bond acceptors (Lipinski definition) is 5. The SMILES string of the molecule is CCC(=O)C(C)(N)C(=O)OS. The highest BCUT2D eigenvalue weighted by molar-refractivity contribution is 7.75. The van der Waals surface area contributed by atoms with Crippen molar-refractivity contribution in [2.45, 2.75) is 25.8 Å². The molecular formula is C6H11NO3S. The van der Waals surface area contributed by atoms with Crippen LogP contribution in [0.3, 0.4) is 0 Å². The van der Waals surface area contributed by atoms with Gasteiger partial charge in [-0.05, 0) is 6.92 Å². The molecule has 0 radical (unpaired) electrons. The van der Waals surface area contributed by atoms with Crippen molar-refractivity contribution in [3.05, 3.63) is 0 Å². The topological polar surface area (TPSA) is 69.4 Å². The number of ketones is 1. The first-order chi connectivity index (χ1) is 4.96. The first-order valence-corrected chi connectivity index (χ1v) is 3.51. The molecule has 0 aliphatic rings. The van der Waals surface area contributed by atoms with Gasteiger partial charge in [-0.15, -0.1) is 0 Å². The number of carbonyl (C=O) groups is 2. The maximum atomic E-state index is 11.0. The minimum atomic E-state index is -1.56. The van der Waals surface area contributed by atoms with Crippen LogP contribution in [0.25, 0.3) is 0 Å². The second-order valence-corrected chi connectivity index (χ2v) is 2.54. The second kappa shape index (κ2) is 3.73. The highest BCUT2D eigenvalue weighted by Crippen LogP contribution is 2.07. The lowest BCUT2D eigenvalue weighted by atomic mass is 9.96. The maximum absolute atomic E-state index is 11.0. The van der Waals surface area contributed by atoms with E-state index in [0.29, 0.717) is 0 Å². The monoisotopic (exact) mass is 177 g/mol. The molecule has 0 amide bonds. The summed E-state index contributed by atoms with van der Waals surface area (Å²) in [6.07, 6.45) is 0.204. The molecule has 4 nitrogen and oxygen atoms in total. The molecule has 2 N–H and O–H groups in total. The van der Waals surface area contributed by atoms with E-state index in [-0.39, 0.29) is 12.2 Å². The Morgan fingerprint density at radius 3 is 2.36 bits per heavy atom. The van der Waals surface area contributed by atoms with Crippen LogP contribution < -0.4 is 5.73 Å². The lowest BCUT2D eigenvalue weighted by Gasteiger charge is -2.17. The lowest BCUT2D eigenvalue weighted by molar-refractivity contribution is -0.143. The Balaban J connectivity index is 4.44. The standard InChI is InChI=1S/C6H11NO3S/c1-3-4(8)6(2,7)5(9)10-11/h11H,3,7H2,1-2H3. The molecular weight excluding hydrogens is 166 g/mol. The summed E-state index contributed by atoms with van der Waals surface area (Å²) in [5.74, 6) is -1.19. The molecule has 0 saturated heterocycles. The van der Waals surface area contributed by atoms with Crippen molar-refractivity contribution in [1.82, 2.24) is 0 Å². The third kappa shape index (κ3) is 2.20. The van der Waals surface area contributed by atoms with Gasteiger partial charge in [0.25, 0.3) is 0 Å². The molecule has 0 bridgehead atoms. The summed E-state index contributed by atoms with van der Waals surface area (Å²) in [7, 11) is 0. The molecule has 0 aliphatic carbocycles. The Labute approximate surface area is 70.7 Å². The van der Waals surface area contributed by atoms with Crippen molar-refractivity contribution in [1.29, 1.82) is 0 Å². The van der Waals surface area contributed by atoms with Gasteiger partial charge in [0.05, 0.1) is 0 Å². The van der Waals surface area contributed by atoms with Gasteiger partial charge in [-0.25, -0.2) is 4.79 Å². The van der Waals surface area contributed by atoms with Gasteiger partial charge in [-0.1, -0.05) is 6.92 Å². The van der Waals surface area contributed by atoms with Crippen molar-refractivity contribution in [2.75, 3.05) is 0 Å². The summed E-state index contributed by atoms with van der Waals surface area (Å²) in [5.41, 5.74) is 3.79. The van der Waals surface area contributed by atoms with Crippen LogP contribution in [0.15, 0.2) is 0 Å². The van der Waals surface area contributed by atoms with Crippen LogP contribution in [-0.4, -0.2) is 17.3 Å². The number of Topliss-reactive ketones (excluding diaryl/α,β-unsaturated/α-hetero) is 1. The first kappa shape index (κ1) is 10.4. The third-order valence-electron chi connectivity index (χ3n) is 1.41. The molecule has 0 aromatic carbocycles. The van der Waals surface area contributed by atoms with Crippen molar-refractivity contribution in [2.24, 2.45) is 5.73 Å². The second-order valence-electron chi connectivity index (χ2n) is 2.36. The molecule has 1 atom stereocenters. The van der Waals surface area contributed by atoms with E-state index in [9.17, 15) is 9.59 Å². The van der Waals surface area contributed by atoms with E-state index in [4.69, 9.17) is 5.73 Å². The molecule has 0 spiro atoms. The number of nitrogens with two attached hydrogens (primary N) is 1. The molecule has 0 fully saturated rings. The van der Waals surface area contributed by atoms with Crippen LogP contribution in [0, 0.1) is 0 Å². The van der Waals surface area contributed by atoms with Crippen LogP contribution >= 0.6 is 12.9 Å². The van der Waals surface area contributed by atoms with Gasteiger partial charge in [0.15, 0.2) is 11.3 Å². The molecule has 11 heavy (non-hydrogen) atoms. The van der Waals surface area contributed by atoms with Crippen molar-refractivity contribution < 1.29 is 13.8 Å². The predicted octanol–water partition coefficient (Wildman–Crippen LogP) is 0.0709. The van der Waals surface area contributed by atoms with Gasteiger partial charge in [0, 0.05) is 19.3 Å². The van der Waals surface area contributed by atoms with Crippen molar-refractivity contribution in [3.63, 3.8) is 0 Å². The zero-order valence-electron chi connectivity index (χ0n) is 6.46. The van der Waals surface area contributed by atoms with E-state index in [1.807, 2.05) is 0 Å². The Bertz CT molecular complexity index is 161. The van der Waals surface area contributed by atoms with Crippen molar-refractivity contribution >= 4 is 24.7 Å². The highest BCUT2D eigenvalue weighted by atomic mass is 32.1. The molecule has 1 unspecified atom stereocenters. The lowest BCUT2D eigenvalue weighted by Crippen LogP contribution is -2.52. The van der Waals surface area contributed by atoms with E-state index >= 15 is 0 Å². The zero-order chi connectivity index (χ0) is 9.07. The predicted molar refractivity (Wildman–Crippen MR) is 43.0 cm³/mol. The average Bonchev–Trinajstić information content (AvgIpc) is 2.01. The van der Waals surface area contributed by atoms with Gasteiger partial charge in [0.2, 0.25) is 0 Å². The van der Waals surface area contributed by atoms with E-state index in [0.717, 1.165) is 0 Å². The molecule has 0 aromatic rings. The van der Waals surface area contributed by atoms with Crippen LogP contribution in [-0.2, 0) is 13.8 Å². The number of thiol groups is 1. The quantitative estimate of drug-likeness (QED) is 0.363. The summed E-state index contributed by atoms with van der Waals surface area (Å²) < 4.78 is 4.05. The zero-order valence-corrected chi connectivity index (χ0v) is 7.35. The van der Waals surface area contributed by atoms with Crippen LogP contribution in [0.2, 0.25) is 0 Å². The van der Waals surface area contributed by atoms with Gasteiger partial charge in [0.1, 0.15) is 0 Å². The third-order valence-corrected chi connectivity index (χ3v) is 1.57. The fraction of sp³-hybridized carbons (Fsp3) is 0.667. The minimum absolute atomic E-state index is 0.204. The number of carbonyl (C=O) groups excluding carboxylic acids is 2. The average molecular weight is 177 g/mol. The Morgan fingerprint density at radius 1 is 1.64 bits per heavy atom. The van der Waals surface area contributed by atoms with Gasteiger partial charge in [-0.2, -0.15) is 0 Å². The Hall–Kier alpha value is -0.550. The molecule has 0 heterocycles. The molecule has 0 rings (SSSR count). The molecule has 0 aromatic heterocycles. The summed E-state index contributed by atoms with van der Waals surface area (Å²) in [4.78, 5) is 21.8. The van der Waals surface area contributed by atoms with Crippen LogP contribution in [0.5, 0.6) is 0 Å². The normalized spacial score (nSPS) is 15.3. The van der Waals surface area contributed by atoms with E-state index in [1.54, 1.807) is 6.92 Å². The van der Waals surface area contributed by atoms with E-state index in [1.165, 1.54) is 6.92 Å². The Morgan fingerprint density at radius 2 is 2.09 bits per heavy atom. The molecule has 5 heteroatoms. The van der Waals surface area contributed by atoms with Gasteiger partial charge in [-0.3, -0.25) is 4.79 Å². The first-order valence-electron chi connectivity index (χ1n) is 3.14. The molecule has 0 aliphatic heterocycles. The van der Waals surface area contributed by atoms with Gasteiger partial charge >= 0.3 is 5.97 Å². The van der Waals surface area contributed by atoms with Crippen LogP contribution in [0.4, 0.5) is 0 Å². The van der Waals surface area contributed by atoms with E-state index in [2.05, 4.69) is 17.1 Å². The largest absolute Gasteiger partial charge is 0.393 e. The highest BCUT2D eigenvalue weighted by Gasteiger charge is 2.36. The number of rotatable bonds is 3. The van der Waals surface area contributed by atoms with Crippen LogP contribution in [0.1, 0.15) is 20.3 Å². The fourth-order valence-corrected chi connectivity index (χ4v) is 0.766. The van der Waals surface area contributed by atoms with Gasteiger partial charge < -0.3 is 9.92 Å². The minimum Gasteiger partial charge on any atom is -0.393 e. The Kier molecular flexibility index (Phi) is 3.54. The summed E-state index contributed by atoms with van der Waals surface area (Å²) >= 11 is 3.26. The summed E-state index contributed by atoms with van der Waals surface area (Å²) in [5, 5.41) is 0. The summed E-state index contributed by atoms with van der Waals surface area (Å²) in [6.45, 7) is 2.93. The van der Waals surface area contributed by atoms with Crippen molar-refractivity contribution in [3.8, 4) is 0 Å². The molecule has 64 valence electrons. The fourth-order valence-electron chi connectivity index (χ4n) is 0.576. The number of hydrogen-bond donors (Lipinski definition) is 2. The summed E-state index contributed by atoms with van der Waals surface area (Å²) in [6, 6.07) is 0. The van der Waals surface area contributed by atoms with E-state index < -0.39 is 11.5 Å². The smallest absolute Gasteiger partial charge is 0.345 e.